The van der Waals surface area contributed by atoms with Crippen molar-refractivity contribution in [2.75, 3.05) is 11.1 Å². The molecule has 10 heteroatoms. The van der Waals surface area contributed by atoms with Crippen LogP contribution in [0.25, 0.3) is 11.2 Å². The van der Waals surface area contributed by atoms with E-state index in [2.05, 4.69) is 25.3 Å². The van der Waals surface area contributed by atoms with Crippen LogP contribution in [0.5, 0.6) is 0 Å². The highest BCUT2D eigenvalue weighted by molar-refractivity contribution is 5.88. The number of aromatic carboxylic acids is 1. The third-order valence-electron chi connectivity index (χ3n) is 3.09. The molecule has 10 nitrogen and oxygen atoms in total. The molecule has 0 radical (unpaired) electrons. The number of hydrogen-bond donors (Lipinski definition) is 5. The van der Waals surface area contributed by atoms with Crippen molar-refractivity contribution in [1.29, 1.82) is 0 Å². The van der Waals surface area contributed by atoms with E-state index >= 15 is 0 Å². The maximum absolute atomic E-state index is 11.8. The molecule has 1 aromatic carbocycles. The number of carbonyl (C=O) groups is 1. The lowest BCUT2D eigenvalue weighted by molar-refractivity contribution is 0.0697. The molecule has 0 spiro atoms. The molecular formula is C14H15N7O3. The topological polar surface area (TPSA) is 182 Å². The molecule has 0 bridgehead atoms. The van der Waals surface area contributed by atoms with Gasteiger partial charge in [-0.1, -0.05) is 0 Å². The minimum atomic E-state index is -0.983. The van der Waals surface area contributed by atoms with Gasteiger partial charge in [0, 0.05) is 5.69 Å². The normalized spacial score (nSPS) is 10.2. The van der Waals surface area contributed by atoms with Crippen LogP contribution >= 0.6 is 0 Å². The summed E-state index contributed by atoms with van der Waals surface area (Å²) in [5.74, 6) is -0.996. The number of aromatic nitrogens is 4. The van der Waals surface area contributed by atoms with Gasteiger partial charge in [0.25, 0.3) is 5.56 Å². The van der Waals surface area contributed by atoms with Crippen LogP contribution in [0.1, 0.15) is 16.1 Å². The number of benzene rings is 1. The number of fused-ring (bicyclic) bond motifs is 1. The second kappa shape index (κ2) is 6.71. The zero-order valence-corrected chi connectivity index (χ0v) is 12.5. The van der Waals surface area contributed by atoms with E-state index in [0.29, 0.717) is 12.2 Å². The van der Waals surface area contributed by atoms with Gasteiger partial charge < -0.3 is 22.3 Å². The number of nitrogens with two attached hydrogens (primary N) is 1. The number of hydrogen-bond acceptors (Lipinski definition) is 8. The Labute approximate surface area is 135 Å². The van der Waals surface area contributed by atoms with Gasteiger partial charge in [0.1, 0.15) is 0 Å². The Morgan fingerprint density at radius 3 is 2.62 bits per heavy atom. The molecule has 0 saturated heterocycles. The number of carboxylic acid groups (broad SMARTS) is 1. The molecule has 2 aromatic heterocycles. The van der Waals surface area contributed by atoms with E-state index < -0.39 is 11.5 Å². The van der Waals surface area contributed by atoms with E-state index in [1.807, 2.05) is 0 Å². The maximum atomic E-state index is 11.8. The van der Waals surface area contributed by atoms with E-state index in [9.17, 15) is 9.59 Å². The minimum absolute atomic E-state index is 0. The largest absolute Gasteiger partial charge is 0.478 e. The number of H-pyrrole nitrogens is 1. The van der Waals surface area contributed by atoms with Gasteiger partial charge in [0.05, 0.1) is 24.0 Å². The van der Waals surface area contributed by atoms with Crippen molar-refractivity contribution < 1.29 is 9.90 Å². The van der Waals surface area contributed by atoms with E-state index in [1.54, 1.807) is 12.1 Å². The van der Waals surface area contributed by atoms with Crippen LogP contribution in [0.4, 0.5) is 11.6 Å². The number of nitrogens with one attached hydrogen (secondary N) is 2. The average molecular weight is 329 g/mol. The Bertz CT molecular complexity index is 937. The Morgan fingerprint density at radius 1 is 1.25 bits per heavy atom. The van der Waals surface area contributed by atoms with Crippen molar-refractivity contribution in [3.8, 4) is 0 Å². The van der Waals surface area contributed by atoms with Crippen molar-refractivity contribution in [2.45, 2.75) is 6.54 Å². The van der Waals surface area contributed by atoms with Crippen LogP contribution in [0.2, 0.25) is 0 Å². The summed E-state index contributed by atoms with van der Waals surface area (Å²) < 4.78 is 0. The van der Waals surface area contributed by atoms with E-state index in [1.165, 1.54) is 18.3 Å². The van der Waals surface area contributed by atoms with Gasteiger partial charge in [0.15, 0.2) is 11.2 Å². The highest BCUT2D eigenvalue weighted by Gasteiger charge is 2.07. The first-order valence-electron chi connectivity index (χ1n) is 6.61. The number of anilines is 2. The fourth-order valence-corrected chi connectivity index (χ4v) is 1.98. The Morgan fingerprint density at radius 2 is 1.96 bits per heavy atom. The molecule has 0 aliphatic heterocycles. The molecule has 0 aliphatic carbocycles. The molecule has 0 amide bonds. The summed E-state index contributed by atoms with van der Waals surface area (Å²) in [5.41, 5.74) is 6.75. The van der Waals surface area contributed by atoms with Gasteiger partial charge in [-0.05, 0) is 24.3 Å². The van der Waals surface area contributed by atoms with Gasteiger partial charge >= 0.3 is 5.97 Å². The van der Waals surface area contributed by atoms with Crippen LogP contribution in [0, 0.1) is 0 Å². The molecule has 124 valence electrons. The average Bonchev–Trinajstić information content (AvgIpc) is 2.53. The van der Waals surface area contributed by atoms with Crippen LogP contribution in [0.3, 0.4) is 0 Å². The molecule has 0 aliphatic rings. The van der Waals surface area contributed by atoms with Crippen LogP contribution in [-0.4, -0.2) is 31.0 Å². The zero-order chi connectivity index (χ0) is 16.4. The highest BCUT2D eigenvalue weighted by atomic mass is 16.4. The summed E-state index contributed by atoms with van der Waals surface area (Å²) in [7, 11) is 0. The molecule has 0 fully saturated rings. The van der Waals surface area contributed by atoms with E-state index in [4.69, 9.17) is 10.8 Å². The molecule has 24 heavy (non-hydrogen) atoms. The van der Waals surface area contributed by atoms with Gasteiger partial charge in [-0.3, -0.25) is 9.78 Å². The van der Waals surface area contributed by atoms with Gasteiger partial charge in [0.2, 0.25) is 5.95 Å². The van der Waals surface area contributed by atoms with Crippen molar-refractivity contribution in [1.82, 2.24) is 26.1 Å². The molecule has 2 heterocycles. The number of aromatic amines is 1. The number of carboxylic acids is 1. The summed E-state index contributed by atoms with van der Waals surface area (Å²) in [4.78, 5) is 37.1. The SMILES string of the molecule is N.Nc1nc2ncc(CNc3ccc(C(=O)O)cc3)nc2c(=O)[nH]1. The monoisotopic (exact) mass is 329 g/mol. The maximum Gasteiger partial charge on any atom is 0.335 e. The van der Waals surface area contributed by atoms with Gasteiger partial charge in [-0.15, -0.1) is 0 Å². The second-order valence-electron chi connectivity index (χ2n) is 4.72. The first-order valence-corrected chi connectivity index (χ1v) is 6.61. The van der Waals surface area contributed by atoms with Gasteiger partial charge in [-0.25, -0.2) is 14.8 Å². The van der Waals surface area contributed by atoms with Crippen molar-refractivity contribution in [2.24, 2.45) is 0 Å². The standard InChI is InChI=1S/C14H12N6O3.H3N/c15-14-19-11-10(12(21)20-14)18-9(6-17-11)5-16-8-3-1-7(2-4-8)13(22)23;/h1-4,6,16H,5H2,(H,22,23)(H3,15,17,19,20,21);1H3. The lowest BCUT2D eigenvalue weighted by atomic mass is 10.2. The second-order valence-corrected chi connectivity index (χ2v) is 4.72. The fourth-order valence-electron chi connectivity index (χ4n) is 1.98. The highest BCUT2D eigenvalue weighted by Crippen LogP contribution is 2.11. The van der Waals surface area contributed by atoms with Crippen molar-refractivity contribution >= 4 is 28.8 Å². The quantitative estimate of drug-likeness (QED) is 0.461. The lowest BCUT2D eigenvalue weighted by Gasteiger charge is -2.06. The molecular weight excluding hydrogens is 314 g/mol. The summed E-state index contributed by atoms with van der Waals surface area (Å²) >= 11 is 0. The van der Waals surface area contributed by atoms with Crippen LogP contribution in [-0.2, 0) is 6.54 Å². The minimum Gasteiger partial charge on any atom is -0.478 e. The van der Waals surface area contributed by atoms with E-state index in [-0.39, 0.29) is 28.8 Å². The predicted octanol–water partition coefficient (Wildman–Crippen LogP) is 0.768. The third-order valence-corrected chi connectivity index (χ3v) is 3.09. The first kappa shape index (κ1) is 16.8. The first-order chi connectivity index (χ1) is 11.0. The molecule has 3 aromatic rings. The Hall–Kier alpha value is -3.53. The molecule has 0 saturated carbocycles. The van der Waals surface area contributed by atoms with Gasteiger partial charge in [-0.2, -0.15) is 4.98 Å². The Balaban J connectivity index is 0.00000208. The fraction of sp³-hybridized carbons (Fsp3) is 0.0714. The molecule has 8 N–H and O–H groups in total. The summed E-state index contributed by atoms with van der Waals surface area (Å²) in [5, 5.41) is 11.9. The van der Waals surface area contributed by atoms with Crippen LogP contribution < -0.4 is 22.8 Å². The third kappa shape index (κ3) is 3.44. The van der Waals surface area contributed by atoms with Crippen molar-refractivity contribution in [3.05, 3.63) is 52.1 Å². The van der Waals surface area contributed by atoms with Crippen LogP contribution in [0.15, 0.2) is 35.3 Å². The summed E-state index contributed by atoms with van der Waals surface area (Å²) in [6.07, 6.45) is 1.49. The number of nitrogen functional groups attached to an aromatic ring is 1. The lowest BCUT2D eigenvalue weighted by Crippen LogP contribution is -2.15. The zero-order valence-electron chi connectivity index (χ0n) is 12.5. The summed E-state index contributed by atoms with van der Waals surface area (Å²) in [6.45, 7) is 0.319. The molecule has 0 unspecified atom stereocenters. The molecule has 3 rings (SSSR count). The predicted molar refractivity (Wildman–Crippen MR) is 88.1 cm³/mol. The number of nitrogens with zero attached hydrogens (tertiary/aromatic N) is 3. The van der Waals surface area contributed by atoms with E-state index in [0.717, 1.165) is 5.69 Å². The molecule has 0 atom stereocenters. The van der Waals surface area contributed by atoms with Crippen molar-refractivity contribution in [3.63, 3.8) is 0 Å². The smallest absolute Gasteiger partial charge is 0.335 e. The Kier molecular flexibility index (Phi) is 4.70. The summed E-state index contributed by atoms with van der Waals surface area (Å²) in [6, 6.07) is 6.28. The number of rotatable bonds is 4.